The predicted molar refractivity (Wildman–Crippen MR) is 105 cm³/mol. The molecule has 2 aliphatic rings. The standard InChI is InChI=1S/C22H20N2O3/c1-27-14-8-9-15-17(11-14)21(26)19-16-6-2-3-7-18(16)23-22(20(15)19)24-10-4-5-13(25)12-24/h2-3,6-9,11,13,25H,4-5,10,12H2,1H3. The van der Waals surface area contributed by atoms with Crippen LogP contribution in [0.15, 0.2) is 42.5 Å². The number of β-amino-alcohol motifs (C(OH)–C–C–N with tert-alkyl or cyclic N) is 1. The highest BCUT2D eigenvalue weighted by Crippen LogP contribution is 2.46. The van der Waals surface area contributed by atoms with Gasteiger partial charge in [-0.2, -0.15) is 0 Å². The summed E-state index contributed by atoms with van der Waals surface area (Å²) in [6, 6.07) is 13.4. The number of rotatable bonds is 2. The number of carbonyl (C=O) groups is 1. The molecule has 1 aliphatic heterocycles. The number of methoxy groups -OCH3 is 1. The van der Waals surface area contributed by atoms with Crippen molar-refractivity contribution in [2.75, 3.05) is 25.1 Å². The van der Waals surface area contributed by atoms with E-state index >= 15 is 0 Å². The van der Waals surface area contributed by atoms with Crippen molar-refractivity contribution in [3.63, 3.8) is 0 Å². The number of hydrogen-bond acceptors (Lipinski definition) is 5. The molecular weight excluding hydrogens is 340 g/mol. The van der Waals surface area contributed by atoms with Crippen LogP contribution in [-0.2, 0) is 0 Å². The number of hydrogen-bond donors (Lipinski definition) is 1. The van der Waals surface area contributed by atoms with E-state index in [9.17, 15) is 9.90 Å². The number of piperidine rings is 1. The molecule has 2 aromatic carbocycles. The molecule has 1 saturated heterocycles. The zero-order valence-corrected chi connectivity index (χ0v) is 15.1. The number of anilines is 1. The lowest BCUT2D eigenvalue weighted by atomic mass is 10.0. The molecule has 5 rings (SSSR count). The lowest BCUT2D eigenvalue weighted by molar-refractivity contribution is 0.104. The van der Waals surface area contributed by atoms with Gasteiger partial charge in [0.15, 0.2) is 5.78 Å². The third-order valence-corrected chi connectivity index (χ3v) is 5.54. The first kappa shape index (κ1) is 16.3. The second-order valence-corrected chi connectivity index (χ2v) is 7.19. The smallest absolute Gasteiger partial charge is 0.195 e. The third-order valence-electron chi connectivity index (χ3n) is 5.54. The van der Waals surface area contributed by atoms with Gasteiger partial charge in [0.05, 0.1) is 18.7 Å². The van der Waals surface area contributed by atoms with Gasteiger partial charge >= 0.3 is 0 Å². The van der Waals surface area contributed by atoms with E-state index in [4.69, 9.17) is 9.72 Å². The molecule has 1 aromatic heterocycles. The van der Waals surface area contributed by atoms with Crippen molar-refractivity contribution in [2.45, 2.75) is 18.9 Å². The lowest BCUT2D eigenvalue weighted by Crippen LogP contribution is -2.39. The first-order valence-corrected chi connectivity index (χ1v) is 9.26. The summed E-state index contributed by atoms with van der Waals surface area (Å²) >= 11 is 0. The molecule has 3 aromatic rings. The zero-order chi connectivity index (χ0) is 18.5. The van der Waals surface area contributed by atoms with Crippen molar-refractivity contribution in [3.8, 4) is 16.9 Å². The van der Waals surface area contributed by atoms with Gasteiger partial charge in [0.2, 0.25) is 0 Å². The van der Waals surface area contributed by atoms with Crippen LogP contribution >= 0.6 is 0 Å². The minimum absolute atomic E-state index is 0.0105. The van der Waals surface area contributed by atoms with Crippen LogP contribution in [0.1, 0.15) is 28.8 Å². The maximum atomic E-state index is 13.3. The van der Waals surface area contributed by atoms with Gasteiger partial charge in [-0.15, -0.1) is 0 Å². The molecule has 5 heteroatoms. The molecule has 136 valence electrons. The molecule has 1 aliphatic carbocycles. The number of ketones is 1. The maximum Gasteiger partial charge on any atom is 0.195 e. The highest BCUT2D eigenvalue weighted by atomic mass is 16.5. The SMILES string of the molecule is COc1ccc2c(c1)C(=O)c1c-2c(N2CCCC(O)C2)nc2ccccc12. The van der Waals surface area contributed by atoms with Gasteiger partial charge in [0.25, 0.3) is 0 Å². The Labute approximate surface area is 157 Å². The maximum absolute atomic E-state index is 13.3. The first-order chi connectivity index (χ1) is 13.2. The van der Waals surface area contributed by atoms with E-state index in [1.807, 2.05) is 36.4 Å². The second kappa shape index (κ2) is 6.06. The number of carbonyl (C=O) groups excluding carboxylic acids is 1. The molecule has 0 spiro atoms. The van der Waals surface area contributed by atoms with Crippen LogP contribution in [0.25, 0.3) is 22.0 Å². The van der Waals surface area contributed by atoms with Gasteiger partial charge in [-0.05, 0) is 42.7 Å². The van der Waals surface area contributed by atoms with E-state index in [2.05, 4.69) is 4.90 Å². The average Bonchev–Trinajstić information content (AvgIpc) is 3.00. The quantitative estimate of drug-likeness (QED) is 0.593. The number of aliphatic hydroxyl groups excluding tert-OH is 1. The summed E-state index contributed by atoms with van der Waals surface area (Å²) in [4.78, 5) is 20.3. The predicted octanol–water partition coefficient (Wildman–Crippen LogP) is 3.42. The Kier molecular flexibility index (Phi) is 3.65. The molecule has 5 nitrogen and oxygen atoms in total. The molecule has 1 fully saturated rings. The van der Waals surface area contributed by atoms with Gasteiger partial charge in [-0.25, -0.2) is 4.98 Å². The fourth-order valence-corrected chi connectivity index (χ4v) is 4.26. The van der Waals surface area contributed by atoms with Crippen molar-refractivity contribution in [1.82, 2.24) is 4.98 Å². The highest BCUT2D eigenvalue weighted by molar-refractivity contribution is 6.28. The molecule has 2 heterocycles. The number of aromatic nitrogens is 1. The average molecular weight is 360 g/mol. The number of fused-ring (bicyclic) bond motifs is 5. The Bertz CT molecular complexity index is 1080. The normalized spacial score (nSPS) is 18.5. The monoisotopic (exact) mass is 360 g/mol. The van der Waals surface area contributed by atoms with Crippen LogP contribution in [0, 0.1) is 0 Å². The Morgan fingerprint density at radius 1 is 1.15 bits per heavy atom. The molecule has 27 heavy (non-hydrogen) atoms. The summed E-state index contributed by atoms with van der Waals surface area (Å²) in [7, 11) is 1.60. The molecule has 0 radical (unpaired) electrons. The first-order valence-electron chi connectivity index (χ1n) is 9.26. The fraction of sp³-hybridized carbons (Fsp3) is 0.273. The van der Waals surface area contributed by atoms with Gasteiger partial charge in [0.1, 0.15) is 11.6 Å². The van der Waals surface area contributed by atoms with Crippen LogP contribution < -0.4 is 9.64 Å². The number of ether oxygens (including phenoxy) is 1. The van der Waals surface area contributed by atoms with E-state index in [1.54, 1.807) is 13.2 Å². The van der Waals surface area contributed by atoms with Crippen LogP contribution in [0.5, 0.6) is 5.75 Å². The van der Waals surface area contributed by atoms with Crippen molar-refractivity contribution < 1.29 is 14.6 Å². The molecule has 0 saturated carbocycles. The van der Waals surface area contributed by atoms with E-state index < -0.39 is 0 Å². The number of pyridine rings is 1. The molecule has 0 bridgehead atoms. The van der Waals surface area contributed by atoms with E-state index in [0.29, 0.717) is 23.4 Å². The summed E-state index contributed by atoms with van der Waals surface area (Å²) in [6.45, 7) is 1.37. The van der Waals surface area contributed by atoms with Crippen molar-refractivity contribution >= 4 is 22.5 Å². The molecule has 1 atom stereocenters. The molecule has 1 unspecified atom stereocenters. The van der Waals surface area contributed by atoms with Crippen molar-refractivity contribution in [3.05, 3.63) is 53.6 Å². The van der Waals surface area contributed by atoms with Crippen LogP contribution in [0.3, 0.4) is 0 Å². The molecule has 0 amide bonds. The Hall–Kier alpha value is -2.92. The summed E-state index contributed by atoms with van der Waals surface area (Å²) in [5.74, 6) is 1.47. The van der Waals surface area contributed by atoms with Crippen LogP contribution in [0.4, 0.5) is 5.82 Å². The van der Waals surface area contributed by atoms with Crippen LogP contribution in [0.2, 0.25) is 0 Å². The number of aliphatic hydroxyl groups is 1. The third kappa shape index (κ3) is 2.42. The van der Waals surface area contributed by atoms with Gasteiger partial charge in [-0.1, -0.05) is 18.2 Å². The van der Waals surface area contributed by atoms with Crippen LogP contribution in [-0.4, -0.2) is 42.2 Å². The minimum atomic E-state index is -0.366. The highest BCUT2D eigenvalue weighted by Gasteiger charge is 2.34. The zero-order valence-electron chi connectivity index (χ0n) is 15.1. The lowest BCUT2D eigenvalue weighted by Gasteiger charge is -2.32. The Balaban J connectivity index is 1.81. The van der Waals surface area contributed by atoms with E-state index in [0.717, 1.165) is 47.2 Å². The van der Waals surface area contributed by atoms with Crippen molar-refractivity contribution in [1.29, 1.82) is 0 Å². The number of nitrogens with zero attached hydrogens (tertiary/aromatic N) is 2. The largest absolute Gasteiger partial charge is 0.497 e. The van der Waals surface area contributed by atoms with E-state index in [1.165, 1.54) is 0 Å². The minimum Gasteiger partial charge on any atom is -0.497 e. The Morgan fingerprint density at radius 3 is 2.81 bits per heavy atom. The number of para-hydroxylation sites is 1. The van der Waals surface area contributed by atoms with Gasteiger partial charge in [0, 0.05) is 35.2 Å². The Morgan fingerprint density at radius 2 is 2.00 bits per heavy atom. The van der Waals surface area contributed by atoms with Gasteiger partial charge in [-0.3, -0.25) is 4.79 Å². The molecular formula is C22H20N2O3. The summed E-state index contributed by atoms with van der Waals surface area (Å²) < 4.78 is 5.32. The summed E-state index contributed by atoms with van der Waals surface area (Å²) in [5, 5.41) is 11.0. The van der Waals surface area contributed by atoms with E-state index in [-0.39, 0.29) is 11.9 Å². The fourth-order valence-electron chi connectivity index (χ4n) is 4.26. The van der Waals surface area contributed by atoms with Crippen molar-refractivity contribution in [2.24, 2.45) is 0 Å². The molecule has 1 N–H and O–H groups in total. The topological polar surface area (TPSA) is 62.7 Å². The second-order valence-electron chi connectivity index (χ2n) is 7.19. The summed E-state index contributed by atoms with van der Waals surface area (Å²) in [6.07, 6.45) is 1.35. The number of benzene rings is 2. The summed E-state index contributed by atoms with van der Waals surface area (Å²) in [5.41, 5.74) is 3.94. The van der Waals surface area contributed by atoms with Gasteiger partial charge < -0.3 is 14.7 Å².